The quantitative estimate of drug-likeness (QED) is 0.842. The number of likely N-dealkylation sites (N-methyl/N-ethyl adjacent to an activating group) is 2. The second-order valence-corrected chi connectivity index (χ2v) is 4.71. The average Bonchev–Trinajstić information content (AvgIpc) is 2.86. The lowest BCUT2D eigenvalue weighted by molar-refractivity contribution is -0.129. The van der Waals surface area contributed by atoms with Crippen LogP contribution in [0.5, 0.6) is 0 Å². The van der Waals surface area contributed by atoms with Crippen LogP contribution in [0.3, 0.4) is 0 Å². The van der Waals surface area contributed by atoms with Gasteiger partial charge in [0.15, 0.2) is 5.65 Å². The number of hydrogen-bond donors (Lipinski definition) is 1. The van der Waals surface area contributed by atoms with Crippen LogP contribution in [0.15, 0.2) is 6.20 Å². The van der Waals surface area contributed by atoms with E-state index < -0.39 is 0 Å². The molecule has 7 nitrogen and oxygen atoms in total. The van der Waals surface area contributed by atoms with Gasteiger partial charge in [0.05, 0.1) is 18.1 Å². The number of nitrogens with one attached hydrogen (secondary N) is 1. The molecule has 1 amide bonds. The van der Waals surface area contributed by atoms with Gasteiger partial charge in [-0.05, 0) is 25.4 Å². The number of aromatic amines is 1. The average molecular weight is 297 g/mol. The number of hydrogen-bond acceptors (Lipinski definition) is 5. The molecule has 2 aromatic rings. The minimum Gasteiger partial charge on any atom is -0.350 e. The van der Waals surface area contributed by atoms with E-state index in [-0.39, 0.29) is 17.7 Å². The molecule has 0 aliphatic rings. The third-order valence-corrected chi connectivity index (χ3v) is 3.28. The number of halogens is 1. The lowest BCUT2D eigenvalue weighted by Crippen LogP contribution is -2.39. The molecule has 0 radical (unpaired) electrons. The zero-order valence-corrected chi connectivity index (χ0v) is 12.5. The fraction of sp³-hybridized carbons (Fsp3) is 0.500. The second kappa shape index (κ2) is 6.04. The molecule has 0 aliphatic heterocycles. The molecule has 0 spiro atoms. The lowest BCUT2D eigenvalue weighted by Gasteiger charge is -2.24. The Balaban J connectivity index is 2.25. The number of carbonyl (C=O) groups excluding carboxylic acids is 1. The van der Waals surface area contributed by atoms with Crippen LogP contribution in [0.25, 0.3) is 11.0 Å². The summed E-state index contributed by atoms with van der Waals surface area (Å²) in [6.45, 7) is 5.52. The lowest BCUT2D eigenvalue weighted by atomic mass is 10.3. The van der Waals surface area contributed by atoms with Gasteiger partial charge in [-0.1, -0.05) is 0 Å². The Labute approximate surface area is 121 Å². The van der Waals surface area contributed by atoms with E-state index in [1.165, 1.54) is 0 Å². The zero-order chi connectivity index (χ0) is 14.7. The molecule has 0 saturated carbocycles. The zero-order valence-electron chi connectivity index (χ0n) is 11.7. The number of aromatic nitrogens is 4. The van der Waals surface area contributed by atoms with Gasteiger partial charge in [-0.15, -0.1) is 0 Å². The summed E-state index contributed by atoms with van der Waals surface area (Å²) in [6, 6.07) is 0. The van der Waals surface area contributed by atoms with E-state index in [0.29, 0.717) is 24.6 Å². The van der Waals surface area contributed by atoms with Crippen molar-refractivity contribution in [1.29, 1.82) is 0 Å². The maximum atomic E-state index is 12.1. The first-order valence-corrected chi connectivity index (χ1v) is 6.80. The Kier molecular flexibility index (Phi) is 4.39. The van der Waals surface area contributed by atoms with Gasteiger partial charge in [-0.2, -0.15) is 15.1 Å². The highest BCUT2D eigenvalue weighted by molar-refractivity contribution is 6.28. The van der Waals surface area contributed by atoms with Crippen LogP contribution in [0.2, 0.25) is 5.28 Å². The first-order valence-electron chi connectivity index (χ1n) is 6.42. The van der Waals surface area contributed by atoms with Gasteiger partial charge in [0.25, 0.3) is 0 Å². The summed E-state index contributed by atoms with van der Waals surface area (Å²) < 4.78 is 0. The van der Waals surface area contributed by atoms with Gasteiger partial charge in [-0.25, -0.2) is 0 Å². The van der Waals surface area contributed by atoms with Crippen LogP contribution >= 0.6 is 11.6 Å². The van der Waals surface area contributed by atoms with E-state index in [1.54, 1.807) is 23.0 Å². The molecule has 0 bridgehead atoms. The largest absolute Gasteiger partial charge is 0.350 e. The van der Waals surface area contributed by atoms with Crippen LogP contribution in [0.4, 0.5) is 5.82 Å². The van der Waals surface area contributed by atoms with Crippen LogP contribution < -0.4 is 4.90 Å². The molecular weight excluding hydrogens is 280 g/mol. The third kappa shape index (κ3) is 2.82. The molecule has 0 aliphatic carbocycles. The Hall–Kier alpha value is -1.89. The highest BCUT2D eigenvalue weighted by Crippen LogP contribution is 2.22. The molecule has 2 aromatic heterocycles. The molecule has 0 aromatic carbocycles. The predicted octanol–water partition coefficient (Wildman–Crippen LogP) is 1.31. The van der Waals surface area contributed by atoms with Gasteiger partial charge in [0.1, 0.15) is 5.82 Å². The molecule has 0 saturated heterocycles. The minimum atomic E-state index is 0.0453. The SMILES string of the molecule is CCN(CC)C(=O)CN(C)c1nc(Cl)nc2[nH]ncc12. The maximum absolute atomic E-state index is 12.1. The van der Waals surface area contributed by atoms with Crippen LogP contribution in [-0.4, -0.2) is 57.7 Å². The Morgan fingerprint density at radius 1 is 1.35 bits per heavy atom. The molecule has 0 atom stereocenters. The summed E-state index contributed by atoms with van der Waals surface area (Å²) in [7, 11) is 1.80. The van der Waals surface area contributed by atoms with Gasteiger partial charge < -0.3 is 9.80 Å². The monoisotopic (exact) mass is 296 g/mol. The van der Waals surface area contributed by atoms with Crippen molar-refractivity contribution in [3.8, 4) is 0 Å². The van der Waals surface area contributed by atoms with Crippen molar-refractivity contribution in [2.75, 3.05) is 31.6 Å². The highest BCUT2D eigenvalue weighted by atomic mass is 35.5. The Morgan fingerprint density at radius 2 is 2.05 bits per heavy atom. The normalized spacial score (nSPS) is 10.8. The molecular formula is C12H17ClN6O. The van der Waals surface area contributed by atoms with Crippen molar-refractivity contribution in [2.24, 2.45) is 0 Å². The fourth-order valence-electron chi connectivity index (χ4n) is 2.04. The summed E-state index contributed by atoms with van der Waals surface area (Å²) in [5.74, 6) is 0.637. The number of carbonyl (C=O) groups is 1. The molecule has 1 N–H and O–H groups in total. The molecule has 2 rings (SSSR count). The summed E-state index contributed by atoms with van der Waals surface area (Å²) in [6.07, 6.45) is 1.62. The van der Waals surface area contributed by atoms with E-state index in [1.807, 2.05) is 13.8 Å². The number of fused-ring (bicyclic) bond motifs is 1. The molecule has 20 heavy (non-hydrogen) atoms. The number of amides is 1. The standard InChI is InChI=1S/C12H17ClN6O/c1-4-19(5-2)9(20)7-18(3)11-8-6-14-17-10(8)15-12(13)16-11/h6H,4-5,7H2,1-3H3,(H,14,15,16,17). The molecule has 108 valence electrons. The summed E-state index contributed by atoms with van der Waals surface area (Å²) in [4.78, 5) is 23.9. The van der Waals surface area contributed by atoms with E-state index in [9.17, 15) is 4.79 Å². The van der Waals surface area contributed by atoms with Crippen molar-refractivity contribution in [2.45, 2.75) is 13.8 Å². The van der Waals surface area contributed by atoms with Crippen molar-refractivity contribution in [3.05, 3.63) is 11.5 Å². The fourth-order valence-corrected chi connectivity index (χ4v) is 2.20. The summed E-state index contributed by atoms with van der Waals surface area (Å²) in [5.41, 5.74) is 0.558. The Morgan fingerprint density at radius 3 is 2.70 bits per heavy atom. The first-order chi connectivity index (χ1) is 9.56. The smallest absolute Gasteiger partial charge is 0.242 e. The predicted molar refractivity (Wildman–Crippen MR) is 77.9 cm³/mol. The van der Waals surface area contributed by atoms with E-state index in [4.69, 9.17) is 11.6 Å². The van der Waals surface area contributed by atoms with Gasteiger partial charge in [0.2, 0.25) is 11.2 Å². The van der Waals surface area contributed by atoms with E-state index in [2.05, 4.69) is 20.2 Å². The molecule has 8 heteroatoms. The van der Waals surface area contributed by atoms with E-state index in [0.717, 1.165) is 5.39 Å². The highest BCUT2D eigenvalue weighted by Gasteiger charge is 2.17. The van der Waals surface area contributed by atoms with Crippen molar-refractivity contribution < 1.29 is 4.79 Å². The number of nitrogens with zero attached hydrogens (tertiary/aromatic N) is 5. The summed E-state index contributed by atoms with van der Waals surface area (Å²) >= 11 is 5.89. The molecule has 0 fully saturated rings. The van der Waals surface area contributed by atoms with Crippen molar-refractivity contribution in [3.63, 3.8) is 0 Å². The maximum Gasteiger partial charge on any atom is 0.242 e. The minimum absolute atomic E-state index is 0.0453. The van der Waals surface area contributed by atoms with Gasteiger partial charge >= 0.3 is 0 Å². The van der Waals surface area contributed by atoms with E-state index >= 15 is 0 Å². The van der Waals surface area contributed by atoms with Gasteiger partial charge in [-0.3, -0.25) is 9.89 Å². The van der Waals surface area contributed by atoms with Crippen molar-refractivity contribution in [1.82, 2.24) is 25.1 Å². The number of rotatable bonds is 5. The Bertz CT molecular complexity index is 609. The molecule has 0 unspecified atom stereocenters. The van der Waals surface area contributed by atoms with Crippen LogP contribution in [0, 0.1) is 0 Å². The van der Waals surface area contributed by atoms with Crippen LogP contribution in [0.1, 0.15) is 13.8 Å². The number of anilines is 1. The van der Waals surface area contributed by atoms with Gasteiger partial charge in [0, 0.05) is 20.1 Å². The third-order valence-electron chi connectivity index (χ3n) is 3.11. The second-order valence-electron chi connectivity index (χ2n) is 4.37. The van der Waals surface area contributed by atoms with Crippen molar-refractivity contribution >= 4 is 34.4 Å². The molecule has 2 heterocycles. The summed E-state index contributed by atoms with van der Waals surface area (Å²) in [5, 5.41) is 7.53. The topological polar surface area (TPSA) is 78.0 Å². The number of H-pyrrole nitrogens is 1. The van der Waals surface area contributed by atoms with Crippen LogP contribution in [-0.2, 0) is 4.79 Å². The first kappa shape index (κ1) is 14.5.